The second-order valence-corrected chi connectivity index (χ2v) is 9.34. The van der Waals surface area contributed by atoms with Gasteiger partial charge in [-0.3, -0.25) is 9.59 Å². The van der Waals surface area contributed by atoms with Crippen molar-refractivity contribution in [3.63, 3.8) is 0 Å². The first-order valence-corrected chi connectivity index (χ1v) is 11.7. The van der Waals surface area contributed by atoms with Gasteiger partial charge < -0.3 is 5.32 Å². The number of nitrogens with one attached hydrogen (secondary N) is 1. The average Bonchev–Trinajstić information content (AvgIpc) is 2.78. The Morgan fingerprint density at radius 3 is 2.29 bits per heavy atom. The first-order valence-electron chi connectivity index (χ1n) is 9.84. The Balaban J connectivity index is 2.08. The molecule has 1 amide bonds. The van der Waals surface area contributed by atoms with Crippen LogP contribution in [0.3, 0.4) is 0 Å². The first kappa shape index (κ1) is 24.5. The highest BCUT2D eigenvalue weighted by atomic mass is 32.2. The summed E-state index contributed by atoms with van der Waals surface area (Å²) in [6, 6.07) is 14.7. The Hall–Kier alpha value is -4.16. The summed E-state index contributed by atoms with van der Waals surface area (Å²) in [5.74, 6) is -4.05. The molecule has 0 spiro atoms. The van der Waals surface area contributed by atoms with Gasteiger partial charge in [0.2, 0.25) is 0 Å². The summed E-state index contributed by atoms with van der Waals surface area (Å²) >= 11 is 0. The van der Waals surface area contributed by atoms with E-state index < -0.39 is 55.5 Å². The molecule has 0 radical (unpaired) electrons. The van der Waals surface area contributed by atoms with Crippen LogP contribution in [0.4, 0.5) is 14.5 Å². The predicted molar refractivity (Wildman–Crippen MR) is 124 cm³/mol. The maximum absolute atomic E-state index is 15.2. The smallest absolute Gasteiger partial charge is 0.257 e. The standard InChI is InChI=1S/C25H18F2N2O4S/c1-15(30)23-21(13-20(26)18(24(23)27)10-8-16-6-4-3-5-7-16)29-25(31)19-12-17(14-28)9-11-22(19)34(2,32)33/h3-13H,1-2H3,(H,29,31)/b10-8+. The van der Waals surface area contributed by atoms with Crippen molar-refractivity contribution in [3.05, 3.63) is 94.0 Å². The third-order valence-electron chi connectivity index (χ3n) is 4.85. The quantitative estimate of drug-likeness (QED) is 0.401. The number of carbonyl (C=O) groups excluding carboxylic acids is 2. The summed E-state index contributed by atoms with van der Waals surface area (Å²) < 4.78 is 54.2. The molecule has 0 atom stereocenters. The Kier molecular flexibility index (Phi) is 7.03. The van der Waals surface area contributed by atoms with E-state index in [2.05, 4.69) is 5.32 Å². The monoisotopic (exact) mass is 480 g/mol. The second-order valence-electron chi connectivity index (χ2n) is 7.36. The van der Waals surface area contributed by atoms with E-state index in [0.29, 0.717) is 5.56 Å². The van der Waals surface area contributed by atoms with E-state index in [1.54, 1.807) is 36.4 Å². The number of hydrogen-bond acceptors (Lipinski definition) is 5. The van der Waals surface area contributed by atoms with Gasteiger partial charge in [0.05, 0.1) is 33.3 Å². The Labute approximate surface area is 195 Å². The van der Waals surface area contributed by atoms with E-state index in [1.165, 1.54) is 18.2 Å². The maximum Gasteiger partial charge on any atom is 0.257 e. The summed E-state index contributed by atoms with van der Waals surface area (Å²) in [4.78, 5) is 24.7. The van der Waals surface area contributed by atoms with Gasteiger partial charge in [-0.1, -0.05) is 36.4 Å². The predicted octanol–water partition coefficient (Wildman–Crippen LogP) is 4.87. The van der Waals surface area contributed by atoms with Crippen molar-refractivity contribution in [3.8, 4) is 6.07 Å². The molecule has 0 aliphatic heterocycles. The molecule has 0 bridgehead atoms. The van der Waals surface area contributed by atoms with Crippen LogP contribution in [0.2, 0.25) is 0 Å². The molecule has 3 rings (SSSR count). The van der Waals surface area contributed by atoms with E-state index in [4.69, 9.17) is 5.26 Å². The van der Waals surface area contributed by atoms with E-state index >= 15 is 4.39 Å². The zero-order valence-corrected chi connectivity index (χ0v) is 18.9. The molecule has 0 aliphatic rings. The number of amides is 1. The number of hydrogen-bond donors (Lipinski definition) is 1. The van der Waals surface area contributed by atoms with E-state index in [9.17, 15) is 22.4 Å². The van der Waals surface area contributed by atoms with Crippen LogP contribution in [0.1, 0.15) is 44.3 Å². The zero-order chi connectivity index (χ0) is 25.0. The first-order chi connectivity index (χ1) is 16.0. The third-order valence-corrected chi connectivity index (χ3v) is 6.00. The van der Waals surface area contributed by atoms with Gasteiger partial charge in [-0.25, -0.2) is 17.2 Å². The molecule has 3 aromatic rings. The number of nitrogens with zero attached hydrogens (tertiary/aromatic N) is 1. The fourth-order valence-electron chi connectivity index (χ4n) is 3.26. The van der Waals surface area contributed by atoms with Crippen LogP contribution in [-0.4, -0.2) is 26.4 Å². The van der Waals surface area contributed by atoms with Gasteiger partial charge in [0.25, 0.3) is 5.91 Å². The molecular formula is C25H18F2N2O4S. The third kappa shape index (κ3) is 5.24. The van der Waals surface area contributed by atoms with Gasteiger partial charge >= 0.3 is 0 Å². The molecule has 3 aromatic carbocycles. The van der Waals surface area contributed by atoms with E-state index in [0.717, 1.165) is 31.4 Å². The number of nitriles is 1. The molecule has 1 N–H and O–H groups in total. The lowest BCUT2D eigenvalue weighted by Crippen LogP contribution is -2.19. The summed E-state index contributed by atoms with van der Waals surface area (Å²) in [6.07, 6.45) is 3.52. The van der Waals surface area contributed by atoms with Gasteiger partial charge in [0, 0.05) is 11.8 Å². The minimum absolute atomic E-state index is 0.00287. The molecule has 0 saturated carbocycles. The van der Waals surface area contributed by atoms with Crippen LogP contribution in [0.5, 0.6) is 0 Å². The van der Waals surface area contributed by atoms with Gasteiger partial charge in [0.1, 0.15) is 11.6 Å². The fraction of sp³-hybridized carbons (Fsp3) is 0.0800. The summed E-state index contributed by atoms with van der Waals surface area (Å²) in [5.41, 5.74) is -1.23. The number of Topliss-reactive ketones (excluding diaryl/α,β-unsaturated/α-hetero) is 1. The number of halogens is 2. The van der Waals surface area contributed by atoms with Gasteiger partial charge in [0.15, 0.2) is 15.6 Å². The topological polar surface area (TPSA) is 104 Å². The Morgan fingerprint density at radius 2 is 1.71 bits per heavy atom. The van der Waals surface area contributed by atoms with Crippen LogP contribution in [0, 0.1) is 23.0 Å². The van der Waals surface area contributed by atoms with Crippen LogP contribution < -0.4 is 5.32 Å². The number of rotatable bonds is 6. The molecule has 0 saturated heterocycles. The highest BCUT2D eigenvalue weighted by Gasteiger charge is 2.24. The highest BCUT2D eigenvalue weighted by molar-refractivity contribution is 7.90. The molecule has 0 aromatic heterocycles. The van der Waals surface area contributed by atoms with Crippen LogP contribution >= 0.6 is 0 Å². The van der Waals surface area contributed by atoms with Crippen molar-refractivity contribution in [1.82, 2.24) is 0 Å². The average molecular weight is 480 g/mol. The number of benzene rings is 3. The second kappa shape index (κ2) is 9.77. The lowest BCUT2D eigenvalue weighted by molar-refractivity contribution is 0.101. The molecule has 34 heavy (non-hydrogen) atoms. The number of carbonyl (C=O) groups is 2. The van der Waals surface area contributed by atoms with Gasteiger partial charge in [-0.15, -0.1) is 0 Å². The van der Waals surface area contributed by atoms with Crippen molar-refractivity contribution in [1.29, 1.82) is 5.26 Å². The van der Waals surface area contributed by atoms with Crippen LogP contribution in [-0.2, 0) is 9.84 Å². The summed E-state index contributed by atoms with van der Waals surface area (Å²) in [6.45, 7) is 1.05. The van der Waals surface area contributed by atoms with Crippen LogP contribution in [0.25, 0.3) is 12.2 Å². The molecule has 0 aliphatic carbocycles. The number of sulfone groups is 1. The highest BCUT2D eigenvalue weighted by Crippen LogP contribution is 2.29. The number of ketones is 1. The Bertz CT molecular complexity index is 1470. The lowest BCUT2D eigenvalue weighted by atomic mass is 10.0. The molecule has 6 nitrogen and oxygen atoms in total. The molecule has 172 valence electrons. The van der Waals surface area contributed by atoms with Crippen molar-refractivity contribution >= 4 is 39.4 Å². The molecule has 0 fully saturated rings. The summed E-state index contributed by atoms with van der Waals surface area (Å²) in [7, 11) is -3.87. The van der Waals surface area contributed by atoms with E-state index in [-0.39, 0.29) is 10.5 Å². The van der Waals surface area contributed by atoms with Crippen molar-refractivity contribution in [2.75, 3.05) is 11.6 Å². The molecular weight excluding hydrogens is 462 g/mol. The van der Waals surface area contributed by atoms with Crippen molar-refractivity contribution in [2.45, 2.75) is 11.8 Å². The minimum Gasteiger partial charge on any atom is -0.321 e. The van der Waals surface area contributed by atoms with Crippen molar-refractivity contribution in [2.24, 2.45) is 0 Å². The maximum atomic E-state index is 15.2. The molecule has 9 heteroatoms. The van der Waals surface area contributed by atoms with E-state index in [1.807, 2.05) is 0 Å². The summed E-state index contributed by atoms with van der Waals surface area (Å²) in [5, 5.41) is 11.3. The lowest BCUT2D eigenvalue weighted by Gasteiger charge is -2.14. The zero-order valence-electron chi connectivity index (χ0n) is 18.1. The largest absolute Gasteiger partial charge is 0.321 e. The van der Waals surface area contributed by atoms with Gasteiger partial charge in [-0.2, -0.15) is 5.26 Å². The number of anilines is 1. The van der Waals surface area contributed by atoms with Crippen LogP contribution in [0.15, 0.2) is 59.5 Å². The van der Waals surface area contributed by atoms with Gasteiger partial charge in [-0.05, 0) is 42.8 Å². The molecule has 0 unspecified atom stereocenters. The minimum atomic E-state index is -3.87. The SMILES string of the molecule is CC(=O)c1c(NC(=O)c2cc(C#N)ccc2S(C)(=O)=O)cc(F)c(/C=C/c2ccccc2)c1F. The van der Waals surface area contributed by atoms with Crippen molar-refractivity contribution < 1.29 is 26.8 Å². The normalized spacial score (nSPS) is 11.3. The fourth-order valence-corrected chi connectivity index (χ4v) is 4.13. The Morgan fingerprint density at radius 1 is 1.03 bits per heavy atom. The molecule has 0 heterocycles.